The summed E-state index contributed by atoms with van der Waals surface area (Å²) in [7, 11) is 0. The van der Waals surface area contributed by atoms with Gasteiger partial charge in [-0.1, -0.05) is 83.9 Å². The standard InChI is InChI=1S/C21H16Cl2O3/c22-17-12-16(15-9-5-2-6-10-15)13-18(23)20(17)26-19(21(24)25)11-14-7-3-1-4-8-14/h1-10,12-13,19H,11H2,(H,24,25)/t19-/m1/s1. The van der Waals surface area contributed by atoms with Gasteiger partial charge in [0, 0.05) is 6.42 Å². The molecule has 132 valence electrons. The number of aliphatic carboxylic acids is 1. The fourth-order valence-corrected chi connectivity index (χ4v) is 3.20. The average molecular weight is 387 g/mol. The predicted octanol–water partition coefficient (Wildman–Crippen LogP) is 5.74. The maximum Gasteiger partial charge on any atom is 0.345 e. The highest BCUT2D eigenvalue weighted by Crippen LogP contribution is 2.38. The Hall–Kier alpha value is -2.49. The molecule has 26 heavy (non-hydrogen) atoms. The van der Waals surface area contributed by atoms with Crippen LogP contribution in [-0.4, -0.2) is 17.2 Å². The van der Waals surface area contributed by atoms with E-state index in [-0.39, 0.29) is 22.2 Å². The van der Waals surface area contributed by atoms with E-state index in [0.29, 0.717) is 0 Å². The molecule has 1 atom stereocenters. The Morgan fingerprint density at radius 1 is 0.885 bits per heavy atom. The molecule has 0 saturated heterocycles. The van der Waals surface area contributed by atoms with E-state index in [1.54, 1.807) is 12.1 Å². The van der Waals surface area contributed by atoms with E-state index in [9.17, 15) is 9.90 Å². The molecule has 0 aliphatic carbocycles. The molecule has 1 N–H and O–H groups in total. The van der Waals surface area contributed by atoms with Crippen molar-refractivity contribution in [2.45, 2.75) is 12.5 Å². The van der Waals surface area contributed by atoms with E-state index in [1.165, 1.54) is 0 Å². The van der Waals surface area contributed by atoms with Gasteiger partial charge in [-0.3, -0.25) is 0 Å². The second kappa shape index (κ2) is 8.26. The molecule has 5 heteroatoms. The highest BCUT2D eigenvalue weighted by Gasteiger charge is 2.23. The van der Waals surface area contributed by atoms with Crippen molar-refractivity contribution in [3.8, 4) is 16.9 Å². The Balaban J connectivity index is 1.87. The van der Waals surface area contributed by atoms with Crippen molar-refractivity contribution in [3.63, 3.8) is 0 Å². The first kappa shape index (κ1) is 18.3. The SMILES string of the molecule is O=C(O)[C@@H](Cc1ccccc1)Oc1c(Cl)cc(-c2ccccc2)cc1Cl. The summed E-state index contributed by atoms with van der Waals surface area (Å²) in [6, 6.07) is 22.4. The van der Waals surface area contributed by atoms with E-state index in [2.05, 4.69) is 0 Å². The maximum absolute atomic E-state index is 11.6. The van der Waals surface area contributed by atoms with E-state index in [4.69, 9.17) is 27.9 Å². The fourth-order valence-electron chi connectivity index (χ4n) is 2.62. The number of hydrogen-bond acceptors (Lipinski definition) is 2. The van der Waals surface area contributed by atoms with Crippen molar-refractivity contribution in [2.75, 3.05) is 0 Å². The third kappa shape index (κ3) is 4.37. The van der Waals surface area contributed by atoms with Gasteiger partial charge in [-0.05, 0) is 28.8 Å². The smallest absolute Gasteiger partial charge is 0.345 e. The van der Waals surface area contributed by atoms with Gasteiger partial charge in [0.1, 0.15) is 0 Å². The van der Waals surface area contributed by atoms with Crippen LogP contribution in [-0.2, 0) is 11.2 Å². The molecular formula is C21H16Cl2O3. The number of ether oxygens (including phenoxy) is 1. The summed E-state index contributed by atoms with van der Waals surface area (Å²) >= 11 is 12.7. The second-order valence-corrected chi connectivity index (χ2v) is 6.58. The van der Waals surface area contributed by atoms with Crippen LogP contribution in [0.25, 0.3) is 11.1 Å². The molecule has 3 aromatic rings. The number of halogens is 2. The van der Waals surface area contributed by atoms with Gasteiger partial charge in [0.25, 0.3) is 0 Å². The lowest BCUT2D eigenvalue weighted by atomic mass is 10.1. The first-order valence-corrected chi connectivity index (χ1v) is 8.78. The van der Waals surface area contributed by atoms with Crippen molar-refractivity contribution < 1.29 is 14.6 Å². The summed E-state index contributed by atoms with van der Waals surface area (Å²) in [5, 5.41) is 10.0. The summed E-state index contributed by atoms with van der Waals surface area (Å²) < 4.78 is 5.67. The minimum atomic E-state index is -1.09. The van der Waals surface area contributed by atoms with Crippen LogP contribution in [0.4, 0.5) is 0 Å². The number of carboxylic acids is 1. The van der Waals surface area contributed by atoms with Crippen LogP contribution in [0.3, 0.4) is 0 Å². The van der Waals surface area contributed by atoms with Crippen LogP contribution >= 0.6 is 23.2 Å². The summed E-state index contributed by atoms with van der Waals surface area (Å²) in [5.74, 6) is -0.899. The molecule has 3 aromatic carbocycles. The Morgan fingerprint density at radius 3 is 1.96 bits per heavy atom. The van der Waals surface area contributed by atoms with Crippen molar-refractivity contribution >= 4 is 29.2 Å². The van der Waals surface area contributed by atoms with E-state index < -0.39 is 12.1 Å². The van der Waals surface area contributed by atoms with Crippen LogP contribution in [0, 0.1) is 0 Å². The molecule has 0 fully saturated rings. The number of carbonyl (C=O) groups is 1. The Morgan fingerprint density at radius 2 is 1.42 bits per heavy atom. The number of rotatable bonds is 6. The van der Waals surface area contributed by atoms with Gasteiger partial charge in [-0.15, -0.1) is 0 Å². The van der Waals surface area contributed by atoms with Crippen molar-refractivity contribution in [3.05, 3.63) is 88.4 Å². The normalized spacial score (nSPS) is 11.8. The van der Waals surface area contributed by atoms with Gasteiger partial charge in [-0.25, -0.2) is 4.79 Å². The molecule has 0 bridgehead atoms. The average Bonchev–Trinajstić information content (AvgIpc) is 2.65. The molecule has 0 unspecified atom stereocenters. The van der Waals surface area contributed by atoms with Crippen LogP contribution < -0.4 is 4.74 Å². The molecular weight excluding hydrogens is 371 g/mol. The minimum Gasteiger partial charge on any atom is -0.478 e. The molecule has 0 saturated carbocycles. The summed E-state index contributed by atoms with van der Waals surface area (Å²) in [4.78, 5) is 11.6. The summed E-state index contributed by atoms with van der Waals surface area (Å²) in [6.07, 6.45) is -0.876. The molecule has 0 heterocycles. The number of benzene rings is 3. The molecule has 0 aliphatic heterocycles. The summed E-state index contributed by atoms with van der Waals surface area (Å²) in [6.45, 7) is 0. The first-order chi connectivity index (χ1) is 12.5. The third-order valence-electron chi connectivity index (χ3n) is 3.90. The number of carboxylic acid groups (broad SMARTS) is 1. The highest BCUT2D eigenvalue weighted by molar-refractivity contribution is 6.37. The van der Waals surface area contributed by atoms with Gasteiger partial charge in [-0.2, -0.15) is 0 Å². The Kier molecular flexibility index (Phi) is 5.82. The van der Waals surface area contributed by atoms with Crippen LogP contribution in [0.5, 0.6) is 5.75 Å². The number of hydrogen-bond donors (Lipinski definition) is 1. The molecule has 0 aromatic heterocycles. The minimum absolute atomic E-state index is 0.177. The highest BCUT2D eigenvalue weighted by atomic mass is 35.5. The van der Waals surface area contributed by atoms with E-state index >= 15 is 0 Å². The van der Waals surface area contributed by atoms with Gasteiger partial charge >= 0.3 is 5.97 Å². The fraction of sp³-hybridized carbons (Fsp3) is 0.0952. The lowest BCUT2D eigenvalue weighted by Crippen LogP contribution is -2.29. The Labute approximate surface area is 161 Å². The molecule has 0 aliphatic rings. The molecule has 0 radical (unpaired) electrons. The predicted molar refractivity (Wildman–Crippen MR) is 104 cm³/mol. The topological polar surface area (TPSA) is 46.5 Å². The van der Waals surface area contributed by atoms with Crippen LogP contribution in [0.2, 0.25) is 10.0 Å². The van der Waals surface area contributed by atoms with Crippen molar-refractivity contribution in [1.82, 2.24) is 0 Å². The van der Waals surface area contributed by atoms with E-state index in [1.807, 2.05) is 60.7 Å². The first-order valence-electron chi connectivity index (χ1n) is 8.02. The largest absolute Gasteiger partial charge is 0.478 e. The van der Waals surface area contributed by atoms with Crippen molar-refractivity contribution in [2.24, 2.45) is 0 Å². The zero-order valence-electron chi connectivity index (χ0n) is 13.7. The van der Waals surface area contributed by atoms with Gasteiger partial charge in [0.05, 0.1) is 10.0 Å². The molecule has 0 amide bonds. The monoisotopic (exact) mass is 386 g/mol. The van der Waals surface area contributed by atoms with Crippen LogP contribution in [0.15, 0.2) is 72.8 Å². The zero-order chi connectivity index (χ0) is 18.5. The Bertz CT molecular complexity index is 873. The second-order valence-electron chi connectivity index (χ2n) is 5.77. The molecule has 3 rings (SSSR count). The van der Waals surface area contributed by atoms with Crippen molar-refractivity contribution in [1.29, 1.82) is 0 Å². The van der Waals surface area contributed by atoms with Gasteiger partial charge in [0.2, 0.25) is 0 Å². The maximum atomic E-state index is 11.6. The quantitative estimate of drug-likeness (QED) is 0.587. The molecule has 3 nitrogen and oxygen atoms in total. The lowest BCUT2D eigenvalue weighted by molar-refractivity contribution is -0.145. The van der Waals surface area contributed by atoms with E-state index in [0.717, 1.165) is 16.7 Å². The van der Waals surface area contributed by atoms with Crippen LogP contribution in [0.1, 0.15) is 5.56 Å². The summed E-state index contributed by atoms with van der Waals surface area (Å²) in [5.41, 5.74) is 2.65. The zero-order valence-corrected chi connectivity index (χ0v) is 15.2. The van der Waals surface area contributed by atoms with Gasteiger partial charge in [0.15, 0.2) is 11.9 Å². The van der Waals surface area contributed by atoms with Gasteiger partial charge < -0.3 is 9.84 Å². The lowest BCUT2D eigenvalue weighted by Gasteiger charge is -2.18. The molecule has 0 spiro atoms. The third-order valence-corrected chi connectivity index (χ3v) is 4.47.